The molecule has 1 aliphatic heterocycles. The molecule has 0 bridgehead atoms. The first kappa shape index (κ1) is 16.7. The Hall–Kier alpha value is -3.23. The molecule has 1 spiro atoms. The first-order chi connectivity index (χ1) is 14.2. The first-order valence-electron chi connectivity index (χ1n) is 9.60. The summed E-state index contributed by atoms with van der Waals surface area (Å²) in [5.74, 6) is 2.44. The van der Waals surface area contributed by atoms with Crippen LogP contribution in [0.2, 0.25) is 5.02 Å². The third kappa shape index (κ3) is 2.02. The van der Waals surface area contributed by atoms with Gasteiger partial charge in [0.2, 0.25) is 0 Å². The van der Waals surface area contributed by atoms with E-state index in [1.807, 2.05) is 36.4 Å². The number of benzene rings is 4. The van der Waals surface area contributed by atoms with E-state index in [2.05, 4.69) is 48.5 Å². The quantitative estimate of drug-likeness (QED) is 0.303. The molecule has 0 amide bonds. The van der Waals surface area contributed by atoms with Gasteiger partial charge in [-0.15, -0.1) is 0 Å². The maximum absolute atomic E-state index is 6.75. The van der Waals surface area contributed by atoms with E-state index in [9.17, 15) is 0 Å². The molecule has 29 heavy (non-hydrogen) atoms. The van der Waals surface area contributed by atoms with E-state index >= 15 is 0 Å². The summed E-state index contributed by atoms with van der Waals surface area (Å²) in [6.45, 7) is 0. The van der Waals surface area contributed by atoms with Crippen molar-refractivity contribution in [1.82, 2.24) is 0 Å². The zero-order valence-corrected chi connectivity index (χ0v) is 16.5. The van der Waals surface area contributed by atoms with Gasteiger partial charge in [0.25, 0.3) is 0 Å². The Morgan fingerprint density at radius 3 is 2.31 bits per heavy atom. The van der Waals surface area contributed by atoms with E-state index in [-0.39, 0.29) is 0 Å². The Labute approximate surface area is 174 Å². The SMILES string of the molecule is COc1ccc2c(c1)Oc1ccccc1C21c2ccccc2-c2c(Cl)cccc21. The van der Waals surface area contributed by atoms with Crippen LogP contribution in [0.15, 0.2) is 84.9 Å². The van der Waals surface area contributed by atoms with Crippen LogP contribution in [-0.4, -0.2) is 7.11 Å². The van der Waals surface area contributed by atoms with E-state index in [1.54, 1.807) is 7.11 Å². The van der Waals surface area contributed by atoms with Crippen molar-refractivity contribution in [2.24, 2.45) is 0 Å². The monoisotopic (exact) mass is 396 g/mol. The molecule has 0 radical (unpaired) electrons. The van der Waals surface area contributed by atoms with Crippen LogP contribution in [0, 0.1) is 0 Å². The van der Waals surface area contributed by atoms with E-state index in [0.29, 0.717) is 0 Å². The van der Waals surface area contributed by atoms with Crippen molar-refractivity contribution in [2.45, 2.75) is 5.41 Å². The summed E-state index contributed by atoms with van der Waals surface area (Å²) in [6.07, 6.45) is 0. The number of para-hydroxylation sites is 1. The van der Waals surface area contributed by atoms with E-state index < -0.39 is 5.41 Å². The molecule has 0 saturated heterocycles. The summed E-state index contributed by atoms with van der Waals surface area (Å²) in [5, 5.41) is 0.769. The molecule has 4 aromatic rings. The molecule has 0 fully saturated rings. The van der Waals surface area contributed by atoms with Crippen molar-refractivity contribution in [1.29, 1.82) is 0 Å². The van der Waals surface area contributed by atoms with Gasteiger partial charge >= 0.3 is 0 Å². The Bertz CT molecular complexity index is 1290. The highest BCUT2D eigenvalue weighted by atomic mass is 35.5. The Morgan fingerprint density at radius 2 is 1.45 bits per heavy atom. The van der Waals surface area contributed by atoms with Crippen LogP contribution in [0.3, 0.4) is 0 Å². The second kappa shape index (κ2) is 5.88. The van der Waals surface area contributed by atoms with Crippen LogP contribution in [0.5, 0.6) is 17.2 Å². The van der Waals surface area contributed by atoms with E-state index in [4.69, 9.17) is 21.1 Å². The largest absolute Gasteiger partial charge is 0.497 e. The zero-order chi connectivity index (χ0) is 19.6. The average molecular weight is 397 g/mol. The maximum atomic E-state index is 6.75. The predicted molar refractivity (Wildman–Crippen MR) is 115 cm³/mol. The van der Waals surface area contributed by atoms with Crippen LogP contribution in [0.4, 0.5) is 0 Å². The third-order valence-corrected chi connectivity index (χ3v) is 6.44. The predicted octanol–water partition coefficient (Wildman–Crippen LogP) is 6.82. The molecule has 2 aliphatic rings. The van der Waals surface area contributed by atoms with Crippen LogP contribution in [0.25, 0.3) is 11.1 Å². The zero-order valence-electron chi connectivity index (χ0n) is 15.8. The lowest BCUT2D eigenvalue weighted by atomic mass is 9.66. The third-order valence-electron chi connectivity index (χ3n) is 6.12. The summed E-state index contributed by atoms with van der Waals surface area (Å²) < 4.78 is 11.8. The van der Waals surface area contributed by atoms with Gasteiger partial charge in [-0.2, -0.15) is 0 Å². The topological polar surface area (TPSA) is 18.5 Å². The van der Waals surface area contributed by atoms with Crippen molar-refractivity contribution in [2.75, 3.05) is 7.11 Å². The lowest BCUT2D eigenvalue weighted by Gasteiger charge is -2.39. The highest BCUT2D eigenvalue weighted by molar-refractivity contribution is 6.34. The van der Waals surface area contributed by atoms with Crippen LogP contribution in [0.1, 0.15) is 22.3 Å². The molecule has 2 nitrogen and oxygen atoms in total. The van der Waals surface area contributed by atoms with Gasteiger partial charge in [0.05, 0.1) is 12.5 Å². The van der Waals surface area contributed by atoms with Crippen molar-refractivity contribution < 1.29 is 9.47 Å². The Kier molecular flexibility index (Phi) is 3.39. The number of ether oxygens (including phenoxy) is 2. The molecule has 4 aromatic carbocycles. The Balaban J connectivity index is 1.83. The second-order valence-electron chi connectivity index (χ2n) is 7.42. The molecule has 1 aliphatic carbocycles. The second-order valence-corrected chi connectivity index (χ2v) is 7.83. The average Bonchev–Trinajstić information content (AvgIpc) is 3.06. The standard InChI is InChI=1S/C26H17ClO2/c1-28-16-13-14-20-24(15-16)29-23-12-5-4-9-19(23)26(20)18-8-3-2-7-17(18)25-21(26)10-6-11-22(25)27/h2-15H,1H3. The van der Waals surface area contributed by atoms with E-state index in [1.165, 1.54) is 16.7 Å². The molecule has 0 saturated carbocycles. The van der Waals surface area contributed by atoms with Gasteiger partial charge in [0.15, 0.2) is 0 Å². The number of hydrogen-bond donors (Lipinski definition) is 0. The number of methoxy groups -OCH3 is 1. The van der Waals surface area contributed by atoms with Crippen molar-refractivity contribution in [3.05, 3.63) is 112 Å². The highest BCUT2D eigenvalue weighted by Gasteiger charge is 2.51. The molecular weight excluding hydrogens is 380 g/mol. The fraction of sp³-hybridized carbons (Fsp3) is 0.0769. The molecule has 1 unspecified atom stereocenters. The highest BCUT2D eigenvalue weighted by Crippen LogP contribution is 2.63. The minimum absolute atomic E-state index is 0.479. The van der Waals surface area contributed by atoms with Gasteiger partial charge in [-0.1, -0.05) is 72.3 Å². The van der Waals surface area contributed by atoms with Gasteiger partial charge in [0.1, 0.15) is 17.2 Å². The summed E-state index contributed by atoms with van der Waals surface area (Å²) >= 11 is 6.75. The molecule has 1 heterocycles. The lowest BCUT2D eigenvalue weighted by molar-refractivity contribution is 0.401. The Morgan fingerprint density at radius 1 is 0.724 bits per heavy atom. The fourth-order valence-corrected chi connectivity index (χ4v) is 5.29. The normalized spacial score (nSPS) is 17.7. The molecule has 1 atom stereocenters. The van der Waals surface area contributed by atoms with Crippen LogP contribution in [-0.2, 0) is 5.41 Å². The van der Waals surface area contributed by atoms with Gasteiger partial charge in [-0.3, -0.25) is 0 Å². The minimum Gasteiger partial charge on any atom is -0.497 e. The number of hydrogen-bond acceptors (Lipinski definition) is 2. The van der Waals surface area contributed by atoms with Gasteiger partial charge in [-0.25, -0.2) is 0 Å². The fourth-order valence-electron chi connectivity index (χ4n) is 5.02. The molecular formula is C26H17ClO2. The van der Waals surface area contributed by atoms with Crippen LogP contribution >= 0.6 is 11.6 Å². The summed E-state index contributed by atoms with van der Waals surface area (Å²) in [6, 6.07) is 29.1. The number of rotatable bonds is 1. The van der Waals surface area contributed by atoms with Gasteiger partial charge in [-0.05, 0) is 34.9 Å². The number of fused-ring (bicyclic) bond motifs is 9. The summed E-state index contributed by atoms with van der Waals surface area (Å²) in [4.78, 5) is 0. The lowest BCUT2D eigenvalue weighted by Crippen LogP contribution is -2.32. The number of halogens is 1. The molecule has 140 valence electrons. The summed E-state index contributed by atoms with van der Waals surface area (Å²) in [5.41, 5.74) is 6.44. The van der Waals surface area contributed by atoms with Crippen molar-refractivity contribution in [3.63, 3.8) is 0 Å². The van der Waals surface area contributed by atoms with Crippen molar-refractivity contribution >= 4 is 11.6 Å². The molecule has 0 aromatic heterocycles. The smallest absolute Gasteiger partial charge is 0.135 e. The molecule has 0 N–H and O–H groups in total. The van der Waals surface area contributed by atoms with Gasteiger partial charge < -0.3 is 9.47 Å². The van der Waals surface area contributed by atoms with E-state index in [0.717, 1.165) is 39.0 Å². The minimum atomic E-state index is -0.479. The summed E-state index contributed by atoms with van der Waals surface area (Å²) in [7, 11) is 1.67. The first-order valence-corrected chi connectivity index (χ1v) is 9.97. The maximum Gasteiger partial charge on any atom is 0.135 e. The molecule has 6 rings (SSSR count). The molecule has 3 heteroatoms. The van der Waals surface area contributed by atoms with Crippen LogP contribution < -0.4 is 9.47 Å². The van der Waals surface area contributed by atoms with Gasteiger partial charge in [0, 0.05) is 27.8 Å². The van der Waals surface area contributed by atoms with Crippen molar-refractivity contribution in [3.8, 4) is 28.4 Å².